The van der Waals surface area contributed by atoms with Crippen molar-refractivity contribution in [2.75, 3.05) is 0 Å². The van der Waals surface area contributed by atoms with Crippen molar-refractivity contribution < 1.29 is 36.8 Å². The summed E-state index contributed by atoms with van der Waals surface area (Å²) in [6.07, 6.45) is 0. The molecule has 0 atom stereocenters. The average molecular weight is 220 g/mol. The van der Waals surface area contributed by atoms with Crippen LogP contribution in [0.25, 0.3) is 0 Å². The second kappa shape index (κ2) is 6.08. The Bertz CT molecular complexity index is 192. The number of hydrogen-bond donors (Lipinski definition) is 2. The van der Waals surface area contributed by atoms with E-state index in [1.54, 1.807) is 0 Å². The Morgan fingerprint density at radius 2 is 1.09 bits per heavy atom. The van der Waals surface area contributed by atoms with Crippen LogP contribution in [0, 0.1) is 0 Å². The van der Waals surface area contributed by atoms with Gasteiger partial charge in [-0.15, -0.1) is 0 Å². The zero-order valence-corrected chi connectivity index (χ0v) is 7.64. The summed E-state index contributed by atoms with van der Waals surface area (Å²) in [5, 5.41) is 0. The molecule has 0 aliphatic rings. The third-order valence-electron chi connectivity index (χ3n) is 0. The minimum absolute atomic E-state index is 0. The summed E-state index contributed by atoms with van der Waals surface area (Å²) in [5.74, 6) is 0. The summed E-state index contributed by atoms with van der Waals surface area (Å²) in [4.78, 5) is 25.6. The molecular formula is H2AlO8PS. The molecule has 0 aromatic carbocycles. The van der Waals surface area contributed by atoms with E-state index >= 15 is 0 Å². The van der Waals surface area contributed by atoms with Crippen LogP contribution in [0.5, 0.6) is 0 Å². The second-order valence-electron chi connectivity index (χ2n) is 0.895. The largest absolute Gasteiger partial charge is 3.00 e. The van der Waals surface area contributed by atoms with Gasteiger partial charge in [0.25, 0.3) is 0 Å². The zero-order valence-electron chi connectivity index (χ0n) is 4.78. The molecule has 8 nitrogen and oxygen atoms in total. The van der Waals surface area contributed by atoms with Gasteiger partial charge in [0, 0.05) is 0 Å². The topological polar surface area (TPSA) is 161 Å². The Hall–Kier alpha value is 0.512. The number of hydrogen-bond acceptors (Lipinski definition) is 6. The van der Waals surface area contributed by atoms with E-state index in [9.17, 15) is 0 Å². The van der Waals surface area contributed by atoms with Crippen molar-refractivity contribution >= 4 is 35.6 Å². The normalized spacial score (nSPS) is 10.6. The maximum atomic E-state index is 8.74. The van der Waals surface area contributed by atoms with Gasteiger partial charge in [-0.25, -0.2) is 0 Å². The maximum absolute atomic E-state index is 8.74. The van der Waals surface area contributed by atoms with Gasteiger partial charge < -0.3 is 19.2 Å². The van der Waals surface area contributed by atoms with Crippen LogP contribution in [0.15, 0.2) is 0 Å². The van der Waals surface area contributed by atoms with Gasteiger partial charge in [-0.1, -0.05) is 0 Å². The third kappa shape index (κ3) is 2900. The molecular weight excluding hydrogens is 218 g/mol. The van der Waals surface area contributed by atoms with Crippen molar-refractivity contribution in [3.63, 3.8) is 0 Å². The summed E-state index contributed by atoms with van der Waals surface area (Å²) >= 11 is 0. The van der Waals surface area contributed by atoms with E-state index in [2.05, 4.69) is 0 Å². The van der Waals surface area contributed by atoms with Gasteiger partial charge in [0.2, 0.25) is 0 Å². The van der Waals surface area contributed by atoms with Gasteiger partial charge in [0.05, 0.1) is 0 Å². The molecule has 0 saturated carbocycles. The summed E-state index contributed by atoms with van der Waals surface area (Å²) in [6.45, 7) is 0. The fourth-order valence-electron chi connectivity index (χ4n) is 0. The predicted molar refractivity (Wildman–Crippen MR) is 27.5 cm³/mol. The van der Waals surface area contributed by atoms with Crippen LogP contribution in [0.1, 0.15) is 0 Å². The van der Waals surface area contributed by atoms with Crippen LogP contribution in [0.2, 0.25) is 0 Å². The second-order valence-corrected chi connectivity index (χ2v) is 2.69. The van der Waals surface area contributed by atoms with Crippen LogP contribution in [0.4, 0.5) is 0 Å². The molecule has 2 N–H and O–H groups in total. The van der Waals surface area contributed by atoms with Gasteiger partial charge in [-0.3, -0.25) is 9.11 Å². The fourth-order valence-corrected chi connectivity index (χ4v) is 0. The van der Waals surface area contributed by atoms with E-state index in [-0.39, 0.29) is 17.4 Å². The molecule has 0 heterocycles. The molecule has 0 rings (SSSR count). The molecule has 0 aromatic heterocycles. The Kier molecular flexibility index (Phi) is 9.70. The van der Waals surface area contributed by atoms with Crippen LogP contribution >= 0.6 is 7.82 Å². The number of phosphoric acid groups is 1. The summed E-state index contributed by atoms with van der Waals surface area (Å²) in [6, 6.07) is 0. The first-order chi connectivity index (χ1) is 4.00. The van der Waals surface area contributed by atoms with Crippen LogP contribution in [0.3, 0.4) is 0 Å². The first kappa shape index (κ1) is 17.6. The minimum Gasteiger partial charge on any atom is -0.822 e. The molecule has 11 heteroatoms. The van der Waals surface area contributed by atoms with Crippen LogP contribution in [-0.4, -0.2) is 34.9 Å². The third-order valence-corrected chi connectivity index (χ3v) is 0. The Morgan fingerprint density at radius 1 is 1.09 bits per heavy atom. The molecule has 0 fully saturated rings. The fraction of sp³-hybridized carbons (Fsp3) is 0. The Balaban J connectivity index is -0.000000107. The van der Waals surface area contributed by atoms with E-state index < -0.39 is 18.2 Å². The molecule has 0 bridgehead atoms. The summed E-state index contributed by atoms with van der Waals surface area (Å²) in [5.41, 5.74) is 0. The van der Waals surface area contributed by atoms with Crippen LogP contribution in [-0.2, 0) is 15.0 Å². The van der Waals surface area contributed by atoms with Gasteiger partial charge >= 0.3 is 27.8 Å². The van der Waals surface area contributed by atoms with Crippen molar-refractivity contribution in [1.29, 1.82) is 0 Å². The monoisotopic (exact) mass is 220 g/mol. The SMILES string of the molecule is O=P([O-])([O-])[O-].O=S(=O)(O)O.[Al+3]. The van der Waals surface area contributed by atoms with Crippen molar-refractivity contribution in [3.05, 3.63) is 0 Å². The maximum Gasteiger partial charge on any atom is 3.00 e. The van der Waals surface area contributed by atoms with E-state index in [0.717, 1.165) is 0 Å². The van der Waals surface area contributed by atoms with Crippen molar-refractivity contribution in [2.45, 2.75) is 0 Å². The average Bonchev–Trinajstić information content (AvgIpc) is 1.12. The predicted octanol–water partition coefficient (Wildman–Crippen LogP) is -3.86. The zero-order chi connectivity index (χ0) is 9.00. The van der Waals surface area contributed by atoms with Crippen molar-refractivity contribution in [2.24, 2.45) is 0 Å². The molecule has 64 valence electrons. The van der Waals surface area contributed by atoms with Crippen LogP contribution < -0.4 is 14.7 Å². The van der Waals surface area contributed by atoms with Crippen molar-refractivity contribution in [3.8, 4) is 0 Å². The molecule has 0 spiro atoms. The van der Waals surface area contributed by atoms with Gasteiger partial charge in [0.1, 0.15) is 0 Å². The van der Waals surface area contributed by atoms with E-state index in [0.29, 0.717) is 0 Å². The van der Waals surface area contributed by atoms with Gasteiger partial charge in [-0.05, 0) is 0 Å². The first-order valence-electron chi connectivity index (χ1n) is 1.43. The quantitative estimate of drug-likeness (QED) is 0.238. The number of rotatable bonds is 0. The molecule has 0 unspecified atom stereocenters. The Labute approximate surface area is 72.8 Å². The summed E-state index contributed by atoms with van der Waals surface area (Å²) in [7, 11) is -10.1. The molecule has 0 aliphatic carbocycles. The smallest absolute Gasteiger partial charge is 0.822 e. The standard InChI is InChI=1S/Al.H3O4P.H2O4S/c;2*1-5(2,3)4/h;(H3,1,2,3,4);(H2,1,2,3,4)/q+3;;/p-3. The molecule has 0 saturated heterocycles. The van der Waals surface area contributed by atoms with E-state index in [1.165, 1.54) is 0 Å². The van der Waals surface area contributed by atoms with E-state index in [4.69, 9.17) is 36.8 Å². The molecule has 11 heavy (non-hydrogen) atoms. The first-order valence-corrected chi connectivity index (χ1v) is 4.29. The van der Waals surface area contributed by atoms with E-state index in [1.807, 2.05) is 0 Å². The summed E-state index contributed by atoms with van der Waals surface area (Å²) < 4.78 is 40.1. The molecule has 0 amide bonds. The molecule has 0 aliphatic heterocycles. The van der Waals surface area contributed by atoms with Crippen molar-refractivity contribution in [1.82, 2.24) is 0 Å². The minimum atomic E-state index is -5.39. The molecule has 0 radical (unpaired) electrons. The van der Waals surface area contributed by atoms with Gasteiger partial charge in [-0.2, -0.15) is 16.2 Å². The Morgan fingerprint density at radius 3 is 1.09 bits per heavy atom. The van der Waals surface area contributed by atoms with Gasteiger partial charge in [0.15, 0.2) is 0 Å². The molecule has 0 aromatic rings.